The van der Waals surface area contributed by atoms with E-state index >= 15 is 0 Å². The highest BCUT2D eigenvalue weighted by Gasteiger charge is 2.21. The summed E-state index contributed by atoms with van der Waals surface area (Å²) in [6.07, 6.45) is 3.05. The Balaban J connectivity index is 2.37. The van der Waals surface area contributed by atoms with Crippen LogP contribution in [0.25, 0.3) is 0 Å². The van der Waals surface area contributed by atoms with Crippen LogP contribution in [0.5, 0.6) is 0 Å². The van der Waals surface area contributed by atoms with E-state index in [1.165, 1.54) is 6.26 Å². The first-order valence-electron chi connectivity index (χ1n) is 5.14. The first kappa shape index (κ1) is 11.3. The van der Waals surface area contributed by atoms with E-state index in [4.69, 9.17) is 9.63 Å². The fourth-order valence-electron chi connectivity index (χ4n) is 1.64. The van der Waals surface area contributed by atoms with Gasteiger partial charge in [-0.3, -0.25) is 0 Å². The standard InChI is InChI=1S/C10H12N4O3/c1-6(2)9-8(10(15)16)12-13-14(9)4-7-3-11-17-5-7/h3,5-6H,4H2,1-2H3,(H,15,16). The van der Waals surface area contributed by atoms with Crippen molar-refractivity contribution in [2.24, 2.45) is 0 Å². The fraction of sp³-hybridized carbons (Fsp3) is 0.400. The van der Waals surface area contributed by atoms with Gasteiger partial charge in [0.15, 0.2) is 5.69 Å². The van der Waals surface area contributed by atoms with E-state index in [-0.39, 0.29) is 11.6 Å². The van der Waals surface area contributed by atoms with Crippen molar-refractivity contribution in [2.45, 2.75) is 26.3 Å². The van der Waals surface area contributed by atoms with E-state index in [0.29, 0.717) is 12.2 Å². The largest absolute Gasteiger partial charge is 0.476 e. The smallest absolute Gasteiger partial charge is 0.358 e. The molecule has 0 bridgehead atoms. The second-order valence-corrected chi connectivity index (χ2v) is 3.97. The Hall–Kier alpha value is -2.18. The van der Waals surface area contributed by atoms with Gasteiger partial charge in [0.2, 0.25) is 0 Å². The van der Waals surface area contributed by atoms with Crippen molar-refractivity contribution < 1.29 is 14.4 Å². The number of hydrogen-bond donors (Lipinski definition) is 1. The van der Waals surface area contributed by atoms with Gasteiger partial charge in [-0.2, -0.15) is 0 Å². The van der Waals surface area contributed by atoms with Crippen LogP contribution in [0.3, 0.4) is 0 Å². The van der Waals surface area contributed by atoms with E-state index in [9.17, 15) is 4.79 Å². The lowest BCUT2D eigenvalue weighted by Crippen LogP contribution is -2.10. The first-order chi connectivity index (χ1) is 8.09. The van der Waals surface area contributed by atoms with Crippen molar-refractivity contribution in [1.82, 2.24) is 20.2 Å². The summed E-state index contributed by atoms with van der Waals surface area (Å²) in [5.41, 5.74) is 1.41. The van der Waals surface area contributed by atoms with Gasteiger partial charge >= 0.3 is 5.97 Å². The van der Waals surface area contributed by atoms with Gasteiger partial charge in [0.25, 0.3) is 0 Å². The number of carboxylic acids is 1. The minimum Gasteiger partial charge on any atom is -0.476 e. The highest BCUT2D eigenvalue weighted by molar-refractivity contribution is 5.86. The Morgan fingerprint density at radius 3 is 2.88 bits per heavy atom. The quantitative estimate of drug-likeness (QED) is 0.855. The average molecular weight is 236 g/mol. The van der Waals surface area contributed by atoms with Crippen molar-refractivity contribution in [2.75, 3.05) is 0 Å². The van der Waals surface area contributed by atoms with E-state index in [1.807, 2.05) is 13.8 Å². The van der Waals surface area contributed by atoms with E-state index in [2.05, 4.69) is 15.5 Å². The molecule has 2 aromatic rings. The Morgan fingerprint density at radius 1 is 1.59 bits per heavy atom. The lowest BCUT2D eigenvalue weighted by Gasteiger charge is -2.08. The van der Waals surface area contributed by atoms with Crippen molar-refractivity contribution in [3.8, 4) is 0 Å². The lowest BCUT2D eigenvalue weighted by atomic mass is 10.1. The zero-order chi connectivity index (χ0) is 12.4. The molecular formula is C10H12N4O3. The fourth-order valence-corrected chi connectivity index (χ4v) is 1.64. The van der Waals surface area contributed by atoms with Gasteiger partial charge in [0.1, 0.15) is 6.26 Å². The molecule has 0 atom stereocenters. The topological polar surface area (TPSA) is 94.0 Å². The summed E-state index contributed by atoms with van der Waals surface area (Å²) in [5, 5.41) is 20.1. The van der Waals surface area contributed by atoms with Crippen LogP contribution >= 0.6 is 0 Å². The molecule has 1 N–H and O–H groups in total. The maximum Gasteiger partial charge on any atom is 0.358 e. The van der Waals surface area contributed by atoms with E-state index in [1.54, 1.807) is 10.9 Å². The van der Waals surface area contributed by atoms with Crippen molar-refractivity contribution in [1.29, 1.82) is 0 Å². The Morgan fingerprint density at radius 2 is 2.35 bits per heavy atom. The van der Waals surface area contributed by atoms with Crippen LogP contribution in [-0.2, 0) is 6.54 Å². The van der Waals surface area contributed by atoms with E-state index < -0.39 is 5.97 Å². The third-order valence-electron chi connectivity index (χ3n) is 2.34. The molecule has 2 aromatic heterocycles. The number of nitrogens with zero attached hydrogens (tertiary/aromatic N) is 4. The van der Waals surface area contributed by atoms with E-state index in [0.717, 1.165) is 5.56 Å². The summed E-state index contributed by atoms with van der Waals surface area (Å²) in [7, 11) is 0. The molecule has 90 valence electrons. The second kappa shape index (κ2) is 4.36. The predicted molar refractivity (Wildman–Crippen MR) is 56.7 cm³/mol. The molecule has 0 unspecified atom stereocenters. The minimum atomic E-state index is -1.06. The number of carbonyl (C=O) groups is 1. The van der Waals surface area contributed by atoms with Gasteiger partial charge in [0, 0.05) is 5.56 Å². The number of hydrogen-bond acceptors (Lipinski definition) is 5. The molecule has 0 amide bonds. The average Bonchev–Trinajstić information content (AvgIpc) is 2.86. The number of rotatable bonds is 4. The van der Waals surface area contributed by atoms with Gasteiger partial charge in [-0.15, -0.1) is 5.10 Å². The van der Waals surface area contributed by atoms with Crippen LogP contribution in [0.2, 0.25) is 0 Å². The van der Waals surface area contributed by atoms with Crippen LogP contribution in [0, 0.1) is 0 Å². The van der Waals surface area contributed by atoms with Crippen molar-refractivity contribution >= 4 is 5.97 Å². The predicted octanol–water partition coefficient (Wildman–Crippen LogP) is 1.14. The zero-order valence-electron chi connectivity index (χ0n) is 9.49. The van der Waals surface area contributed by atoms with Gasteiger partial charge in [-0.05, 0) is 5.92 Å². The molecule has 0 aromatic carbocycles. The van der Waals surface area contributed by atoms with Gasteiger partial charge in [0.05, 0.1) is 18.4 Å². The molecule has 7 nitrogen and oxygen atoms in total. The molecule has 0 aliphatic carbocycles. The van der Waals surface area contributed by atoms with Crippen LogP contribution < -0.4 is 0 Å². The molecule has 0 aliphatic rings. The van der Waals surface area contributed by atoms with Crippen molar-refractivity contribution in [3.63, 3.8) is 0 Å². The van der Waals surface area contributed by atoms with Crippen LogP contribution in [0.15, 0.2) is 17.0 Å². The van der Waals surface area contributed by atoms with Crippen molar-refractivity contribution in [3.05, 3.63) is 29.4 Å². The summed E-state index contributed by atoms with van der Waals surface area (Å²) in [6, 6.07) is 0. The number of aromatic nitrogens is 4. The molecule has 17 heavy (non-hydrogen) atoms. The van der Waals surface area contributed by atoms with Gasteiger partial charge < -0.3 is 9.63 Å². The summed E-state index contributed by atoms with van der Waals surface area (Å²) in [4.78, 5) is 11.0. The molecule has 2 rings (SSSR count). The SMILES string of the molecule is CC(C)c1c(C(=O)O)nnn1Cc1cnoc1. The first-order valence-corrected chi connectivity index (χ1v) is 5.14. The molecule has 0 spiro atoms. The van der Waals surface area contributed by atoms with Crippen LogP contribution in [0.4, 0.5) is 0 Å². The molecule has 0 saturated carbocycles. The number of carboxylic acid groups (broad SMARTS) is 1. The Labute approximate surface area is 97.0 Å². The van der Waals surface area contributed by atoms with Gasteiger partial charge in [-0.25, -0.2) is 9.48 Å². The lowest BCUT2D eigenvalue weighted by molar-refractivity contribution is 0.0688. The second-order valence-electron chi connectivity index (χ2n) is 3.97. The van der Waals surface area contributed by atoms with Gasteiger partial charge in [-0.1, -0.05) is 24.2 Å². The molecule has 0 aliphatic heterocycles. The zero-order valence-corrected chi connectivity index (χ0v) is 9.49. The normalized spacial score (nSPS) is 11.0. The molecular weight excluding hydrogens is 224 g/mol. The molecule has 7 heteroatoms. The molecule has 0 radical (unpaired) electrons. The summed E-state index contributed by atoms with van der Waals surface area (Å²) < 4.78 is 6.27. The van der Waals surface area contributed by atoms with Crippen LogP contribution in [-0.4, -0.2) is 31.2 Å². The highest BCUT2D eigenvalue weighted by atomic mass is 16.5. The monoisotopic (exact) mass is 236 g/mol. The minimum absolute atomic E-state index is 0.00328. The molecule has 0 saturated heterocycles. The maximum absolute atomic E-state index is 11.0. The van der Waals surface area contributed by atoms with Crippen LogP contribution in [0.1, 0.15) is 41.5 Å². The summed E-state index contributed by atoms with van der Waals surface area (Å²) in [6.45, 7) is 4.20. The molecule has 2 heterocycles. The highest BCUT2D eigenvalue weighted by Crippen LogP contribution is 2.18. The third-order valence-corrected chi connectivity index (χ3v) is 2.34. The Kier molecular flexibility index (Phi) is 2.90. The summed E-state index contributed by atoms with van der Waals surface area (Å²) in [5.74, 6) is -1.04. The molecule has 0 fully saturated rings. The summed E-state index contributed by atoms with van der Waals surface area (Å²) >= 11 is 0. The maximum atomic E-state index is 11.0. The number of aromatic carboxylic acids is 1. The Bertz CT molecular complexity index is 516. The third kappa shape index (κ3) is 2.17.